The quantitative estimate of drug-likeness (QED) is 0.152. The zero-order valence-corrected chi connectivity index (χ0v) is 77.5. The van der Waals surface area contributed by atoms with Crippen LogP contribution < -0.4 is 0 Å². The van der Waals surface area contributed by atoms with E-state index in [1.807, 2.05) is 51.5 Å². The number of benzene rings is 3. The van der Waals surface area contributed by atoms with Gasteiger partial charge in [-0.25, -0.2) is 0 Å². The largest absolute Gasteiger partial charge is 0.299 e. The maximum atomic E-state index is 12.0. The predicted octanol–water partition coefficient (Wildman–Crippen LogP) is 30.6. The van der Waals surface area contributed by atoms with Crippen molar-refractivity contribution < 1.29 is 4.79 Å². The second-order valence-electron chi connectivity index (χ2n) is 45.7. The summed E-state index contributed by atoms with van der Waals surface area (Å²) in [6.45, 7) is 93.5. The van der Waals surface area contributed by atoms with Gasteiger partial charge in [0.1, 0.15) is 5.78 Å². The number of rotatable bonds is 8. The summed E-state index contributed by atoms with van der Waals surface area (Å²) in [6.07, 6.45) is 15.1. The number of hydrogen-bond donors (Lipinski definition) is 0. The Morgan fingerprint density at radius 1 is 0.257 bits per heavy atom. The smallest absolute Gasteiger partial charge is 0.144 e. The Kier molecular flexibility index (Phi) is 40.1. The first-order valence-electron chi connectivity index (χ1n) is 40.4. The second-order valence-corrected chi connectivity index (χ2v) is 45.7. The van der Waals surface area contributed by atoms with Crippen LogP contribution in [0.2, 0.25) is 0 Å². The van der Waals surface area contributed by atoms with Crippen molar-refractivity contribution in [2.45, 2.75) is 399 Å². The minimum absolute atomic E-state index is 0. The molecule has 0 bridgehead atoms. The molecule has 0 saturated heterocycles. The van der Waals surface area contributed by atoms with Crippen LogP contribution in [-0.4, -0.2) is 25.7 Å². The molecule has 0 aliphatic rings. The average Bonchev–Trinajstić information content (AvgIpc) is 0.878. The minimum atomic E-state index is -0.292. The van der Waals surface area contributed by atoms with E-state index in [9.17, 15) is 4.79 Å². The van der Waals surface area contributed by atoms with Gasteiger partial charge in [-0.05, 0) is 197 Å². The molecule has 3 aromatic carbocycles. The lowest BCUT2D eigenvalue weighted by Crippen LogP contribution is -2.23. The number of carbonyl (C=O) groups is 1. The zero-order valence-electron chi connectivity index (χ0n) is 77.5. The molecule has 614 valence electrons. The third kappa shape index (κ3) is 45.3. The summed E-state index contributed by atoms with van der Waals surface area (Å²) in [4.78, 5) is 29.6. The normalized spacial score (nSPS) is 12.6. The number of ketones is 1. The van der Waals surface area contributed by atoms with Crippen molar-refractivity contribution in [2.24, 2.45) is 27.1 Å². The first kappa shape index (κ1) is 105. The van der Waals surface area contributed by atoms with Crippen molar-refractivity contribution in [3.8, 4) is 0 Å². The maximum Gasteiger partial charge on any atom is 0.144 e. The first-order chi connectivity index (χ1) is 47.8. The third-order valence-electron chi connectivity index (χ3n) is 18.4. The highest BCUT2D eigenvalue weighted by Gasteiger charge is 2.26. The van der Waals surface area contributed by atoms with E-state index in [0.29, 0.717) is 28.1 Å². The Labute approximate surface area is 677 Å². The van der Waals surface area contributed by atoms with Crippen molar-refractivity contribution in [1.82, 2.24) is 19.9 Å². The van der Waals surface area contributed by atoms with Crippen molar-refractivity contribution in [3.63, 3.8) is 0 Å². The van der Waals surface area contributed by atoms with E-state index in [2.05, 4.69) is 399 Å². The van der Waals surface area contributed by atoms with Crippen LogP contribution in [0.25, 0.3) is 0 Å². The molecular weight excluding hydrogens is 1320 g/mol. The Morgan fingerprint density at radius 2 is 0.514 bits per heavy atom. The Balaban J connectivity index is 0. The molecule has 5 nitrogen and oxygen atoms in total. The molecule has 0 fully saturated rings. The van der Waals surface area contributed by atoms with E-state index < -0.39 is 0 Å². The van der Waals surface area contributed by atoms with Gasteiger partial charge in [-0.3, -0.25) is 24.7 Å². The van der Waals surface area contributed by atoms with Gasteiger partial charge in [-0.1, -0.05) is 378 Å². The number of hydrogen-bond acceptors (Lipinski definition) is 5. The molecular formula is C104H172N4O. The van der Waals surface area contributed by atoms with Gasteiger partial charge >= 0.3 is 0 Å². The van der Waals surface area contributed by atoms with Gasteiger partial charge in [0.15, 0.2) is 0 Å². The highest BCUT2D eigenvalue weighted by molar-refractivity contribution is 5.85. The van der Waals surface area contributed by atoms with E-state index in [1.165, 1.54) is 92.0 Å². The van der Waals surface area contributed by atoms with Crippen LogP contribution in [0.15, 0.2) is 146 Å². The fourth-order valence-electron chi connectivity index (χ4n) is 10.9. The summed E-state index contributed by atoms with van der Waals surface area (Å²) >= 11 is 0. The lowest BCUT2D eigenvalue weighted by Gasteiger charge is -2.24. The van der Waals surface area contributed by atoms with Crippen molar-refractivity contribution in [2.75, 3.05) is 0 Å². The molecule has 7 aromatic rings. The molecule has 0 aliphatic heterocycles. The van der Waals surface area contributed by atoms with E-state index >= 15 is 0 Å². The topological polar surface area (TPSA) is 68.6 Å². The van der Waals surface area contributed by atoms with Crippen LogP contribution in [0.3, 0.4) is 0 Å². The number of nitrogens with zero attached hydrogens (tertiary/aromatic N) is 4. The number of Topliss-reactive ketones (excluding diaryl/α,β-unsaturated/α-hetero) is 1. The number of aryl methyl sites for hydroxylation is 2. The van der Waals surface area contributed by atoms with Crippen LogP contribution in [0.1, 0.15) is 397 Å². The van der Waals surface area contributed by atoms with Crippen LogP contribution in [0.5, 0.6) is 0 Å². The lowest BCUT2D eigenvalue weighted by molar-refractivity contribution is -0.125. The van der Waals surface area contributed by atoms with Gasteiger partial charge < -0.3 is 0 Å². The van der Waals surface area contributed by atoms with E-state index in [0.717, 1.165) is 25.0 Å². The molecule has 109 heavy (non-hydrogen) atoms. The Hall–Kier alpha value is -6.07. The van der Waals surface area contributed by atoms with Gasteiger partial charge in [-0.2, -0.15) is 0 Å². The highest BCUT2D eigenvalue weighted by atomic mass is 16.1. The molecule has 0 amide bonds. The van der Waals surface area contributed by atoms with Crippen molar-refractivity contribution >= 4 is 5.78 Å². The monoisotopic (exact) mass is 1490 g/mol. The average molecular weight is 1490 g/mol. The molecule has 0 unspecified atom stereocenters. The molecule has 4 heterocycles. The van der Waals surface area contributed by atoms with Gasteiger partial charge in [0.25, 0.3) is 0 Å². The molecule has 5 heteroatoms. The fraction of sp³-hybridized carbons (Fsp3) is 0.625. The molecule has 0 spiro atoms. The predicted molar refractivity (Wildman–Crippen MR) is 488 cm³/mol. The second kappa shape index (κ2) is 41.6. The summed E-state index contributed by atoms with van der Waals surface area (Å²) in [5.74, 6) is 0.232. The summed E-state index contributed by atoms with van der Waals surface area (Å²) < 4.78 is 0. The van der Waals surface area contributed by atoms with Gasteiger partial charge in [0, 0.05) is 75.6 Å². The highest BCUT2D eigenvalue weighted by Crippen LogP contribution is 2.34. The molecule has 4 aromatic heterocycles. The zero-order chi connectivity index (χ0) is 83.4. The third-order valence-corrected chi connectivity index (χ3v) is 18.4. The SMILES string of the molecule is C.C.CC(C)(C)C(=O)Cc1cc(C(C)(C)C)ccn1.CC(C)(C)CCc1cccc(C(C)(C)C)c1.CC(C)(C)CCc1ccnc(C(C)(C)C)c1.CC(C)(C)Cc1cccc(C(C)(C)C)c1.CC(C)(C)Cc1ccnc(C(C)(C)C)c1.CC(C)(C)c1cccc(C(C)(C)C)c1.CC(C)(C)c1ccnc(C(C)(C)C)c1. The van der Waals surface area contributed by atoms with E-state index in [1.54, 1.807) is 6.20 Å². The number of aromatic nitrogens is 4. The van der Waals surface area contributed by atoms with Crippen molar-refractivity contribution in [1.29, 1.82) is 0 Å². The van der Waals surface area contributed by atoms with Crippen LogP contribution in [0, 0.1) is 27.1 Å². The first-order valence-corrected chi connectivity index (χ1v) is 40.4. The van der Waals surface area contributed by atoms with Crippen LogP contribution in [0.4, 0.5) is 0 Å². The summed E-state index contributed by atoms with van der Waals surface area (Å²) in [6, 6.07) is 44.1. The maximum absolute atomic E-state index is 12.0. The van der Waals surface area contributed by atoms with E-state index in [-0.39, 0.29) is 74.8 Å². The van der Waals surface area contributed by atoms with Gasteiger partial charge in [0.05, 0.1) is 0 Å². The molecule has 0 saturated carbocycles. The Morgan fingerprint density at radius 3 is 0.844 bits per heavy atom. The minimum Gasteiger partial charge on any atom is -0.299 e. The summed E-state index contributed by atoms with van der Waals surface area (Å²) in [7, 11) is 0. The fourth-order valence-corrected chi connectivity index (χ4v) is 10.9. The number of pyridine rings is 4. The van der Waals surface area contributed by atoms with Crippen LogP contribution in [-0.2, 0) is 85.6 Å². The van der Waals surface area contributed by atoms with Gasteiger partial charge in [0.2, 0.25) is 0 Å². The number of carbonyl (C=O) groups excluding carboxylic acids is 1. The molecule has 0 atom stereocenters. The Bertz CT molecular complexity index is 3480. The van der Waals surface area contributed by atoms with Gasteiger partial charge in [-0.15, -0.1) is 0 Å². The van der Waals surface area contributed by atoms with Crippen molar-refractivity contribution in [3.05, 3.63) is 225 Å². The molecule has 0 radical (unpaired) electrons. The summed E-state index contributed by atoms with van der Waals surface area (Å²) in [5.41, 5.74) is 21.5. The summed E-state index contributed by atoms with van der Waals surface area (Å²) in [5, 5.41) is 0. The van der Waals surface area contributed by atoms with E-state index in [4.69, 9.17) is 0 Å². The molecule has 0 aliphatic carbocycles. The lowest BCUT2D eigenvalue weighted by atomic mass is 9.81. The standard InChI is InChI=1S/C16H26.C15H23NO.C15H25N.C15H24.C14H23N.C14H22.C13H21N.2CH4/c1-15(2,3)11-10-13-8-7-9-14(12-13)16(4,5)6;1-14(2,3)11-7-8-16-12(9-11)10-13(17)15(4,5)6;1-14(2,3)9-7-12-8-10-16-13(11-12)15(4,5)6;1-14(2,3)11-12-8-7-9-13(10-12)15(4,5)6;1-13(2,3)10-11-7-8-15-12(9-11)14(4,5)6;1-13(2,3)11-8-7-9-12(10-11)14(4,5)6;1-12(2,3)10-7-8-14-11(9-10)13(4,5)6;;/h7-9,12H,10-11H2,1-6H3;7-9H,10H2,1-6H3;8,10-11H,7,9H2,1-6H3;7-10H,11H2,1-6H3;7-9H,10H2,1-6H3;7-10H,1-6H3;7-9H,1-6H3;2*1H4. The molecule has 7 rings (SSSR count). The van der Waals surface area contributed by atoms with Crippen LogP contribution >= 0.6 is 0 Å². The molecule has 0 N–H and O–H groups in total.